The van der Waals surface area contributed by atoms with Crippen molar-refractivity contribution in [2.24, 2.45) is 0 Å². The third-order valence-corrected chi connectivity index (χ3v) is 3.11. The lowest BCUT2D eigenvalue weighted by atomic mass is 10.1. The van der Waals surface area contributed by atoms with E-state index >= 15 is 0 Å². The quantitative estimate of drug-likeness (QED) is 0.635. The van der Waals surface area contributed by atoms with E-state index in [1.807, 2.05) is 19.1 Å². The molecule has 2 aromatic carbocycles. The van der Waals surface area contributed by atoms with E-state index in [2.05, 4.69) is 0 Å². The minimum atomic E-state index is -0.477. The van der Waals surface area contributed by atoms with Crippen LogP contribution in [0, 0.1) is 17.0 Å². The van der Waals surface area contributed by atoms with Crippen molar-refractivity contribution < 1.29 is 9.72 Å². The van der Waals surface area contributed by atoms with Crippen molar-refractivity contribution in [3.05, 3.63) is 69.8 Å². The van der Waals surface area contributed by atoms with E-state index in [1.54, 1.807) is 31.3 Å². The van der Waals surface area contributed by atoms with Crippen molar-refractivity contribution in [3.63, 3.8) is 0 Å². The molecule has 0 atom stereocenters. The zero-order chi connectivity index (χ0) is 14.7. The van der Waals surface area contributed by atoms with Crippen LogP contribution in [-0.4, -0.2) is 17.9 Å². The first-order valence-electron chi connectivity index (χ1n) is 6.09. The van der Waals surface area contributed by atoms with E-state index in [1.165, 1.54) is 17.0 Å². The molecular formula is C15H14N2O3. The van der Waals surface area contributed by atoms with Crippen LogP contribution in [0.2, 0.25) is 0 Å². The molecule has 0 radical (unpaired) electrons. The lowest BCUT2D eigenvalue weighted by Gasteiger charge is -2.18. The summed E-state index contributed by atoms with van der Waals surface area (Å²) in [4.78, 5) is 24.1. The second kappa shape index (κ2) is 5.52. The molecule has 0 aliphatic rings. The summed E-state index contributed by atoms with van der Waals surface area (Å²) in [6.07, 6.45) is 0. The van der Waals surface area contributed by atoms with Gasteiger partial charge in [-0.2, -0.15) is 0 Å². The molecule has 5 nitrogen and oxygen atoms in total. The topological polar surface area (TPSA) is 63.5 Å². The van der Waals surface area contributed by atoms with Gasteiger partial charge >= 0.3 is 0 Å². The van der Waals surface area contributed by atoms with Crippen molar-refractivity contribution in [1.29, 1.82) is 0 Å². The molecule has 0 aliphatic carbocycles. The number of rotatable bonds is 3. The van der Waals surface area contributed by atoms with Gasteiger partial charge in [0.05, 0.1) is 10.6 Å². The molecule has 0 bridgehead atoms. The van der Waals surface area contributed by atoms with Crippen LogP contribution in [0.15, 0.2) is 48.5 Å². The number of nitro benzene ring substituents is 1. The van der Waals surface area contributed by atoms with Crippen molar-refractivity contribution in [2.45, 2.75) is 6.92 Å². The van der Waals surface area contributed by atoms with Crippen LogP contribution in [-0.2, 0) is 0 Å². The van der Waals surface area contributed by atoms with E-state index in [4.69, 9.17) is 0 Å². The largest absolute Gasteiger partial charge is 0.311 e. The van der Waals surface area contributed by atoms with E-state index in [-0.39, 0.29) is 11.6 Å². The Morgan fingerprint density at radius 3 is 2.50 bits per heavy atom. The number of hydrogen-bond acceptors (Lipinski definition) is 3. The van der Waals surface area contributed by atoms with Gasteiger partial charge < -0.3 is 4.90 Å². The number of nitrogens with zero attached hydrogens (tertiary/aromatic N) is 2. The maximum atomic E-state index is 12.4. The number of anilines is 1. The van der Waals surface area contributed by atoms with Gasteiger partial charge in [0.2, 0.25) is 0 Å². The minimum Gasteiger partial charge on any atom is -0.311 e. The molecule has 102 valence electrons. The van der Waals surface area contributed by atoms with Crippen LogP contribution in [0.4, 0.5) is 11.4 Å². The van der Waals surface area contributed by atoms with Crippen molar-refractivity contribution >= 4 is 17.3 Å². The van der Waals surface area contributed by atoms with E-state index in [0.717, 1.165) is 5.56 Å². The summed E-state index contributed by atoms with van der Waals surface area (Å²) in [7, 11) is 1.60. The average Bonchev–Trinajstić information content (AvgIpc) is 2.46. The van der Waals surface area contributed by atoms with Crippen molar-refractivity contribution in [1.82, 2.24) is 0 Å². The second-order valence-corrected chi connectivity index (χ2v) is 4.46. The zero-order valence-corrected chi connectivity index (χ0v) is 11.2. The van der Waals surface area contributed by atoms with Crippen LogP contribution in [0.5, 0.6) is 0 Å². The van der Waals surface area contributed by atoms with Gasteiger partial charge in [-0.1, -0.05) is 24.3 Å². The maximum absolute atomic E-state index is 12.4. The Morgan fingerprint density at radius 2 is 1.85 bits per heavy atom. The second-order valence-electron chi connectivity index (χ2n) is 4.46. The molecule has 0 saturated carbocycles. The zero-order valence-electron chi connectivity index (χ0n) is 11.2. The highest BCUT2D eigenvalue weighted by molar-refractivity contribution is 6.06. The van der Waals surface area contributed by atoms with Crippen LogP contribution in [0.25, 0.3) is 0 Å². The smallest absolute Gasteiger partial charge is 0.271 e. The number of hydrogen-bond donors (Lipinski definition) is 0. The number of amides is 1. The summed E-state index contributed by atoms with van der Waals surface area (Å²) in [5, 5.41) is 10.8. The lowest BCUT2D eigenvalue weighted by Crippen LogP contribution is -2.26. The Labute approximate surface area is 116 Å². The Bertz CT molecular complexity index is 668. The summed E-state index contributed by atoms with van der Waals surface area (Å²) in [6.45, 7) is 1.86. The first kappa shape index (κ1) is 13.7. The Hall–Kier alpha value is -2.69. The van der Waals surface area contributed by atoms with E-state index < -0.39 is 4.92 Å². The SMILES string of the molecule is Cc1ccccc1C(=O)N(C)c1cccc([N+](=O)[O-])c1. The summed E-state index contributed by atoms with van der Waals surface area (Å²) in [5.74, 6) is -0.191. The van der Waals surface area contributed by atoms with Gasteiger partial charge in [-0.25, -0.2) is 0 Å². The molecule has 0 unspecified atom stereocenters. The molecule has 0 N–H and O–H groups in total. The number of benzene rings is 2. The predicted molar refractivity (Wildman–Crippen MR) is 77.0 cm³/mol. The lowest BCUT2D eigenvalue weighted by molar-refractivity contribution is -0.384. The molecule has 5 heteroatoms. The Balaban J connectivity index is 2.34. The highest BCUT2D eigenvalue weighted by atomic mass is 16.6. The highest BCUT2D eigenvalue weighted by Gasteiger charge is 2.17. The molecular weight excluding hydrogens is 256 g/mol. The monoisotopic (exact) mass is 270 g/mol. The van der Waals surface area contributed by atoms with Crippen LogP contribution in [0.3, 0.4) is 0 Å². The number of non-ortho nitro benzene ring substituents is 1. The minimum absolute atomic E-state index is 0.0352. The van der Waals surface area contributed by atoms with Gasteiger partial charge in [0.1, 0.15) is 0 Å². The number of carbonyl (C=O) groups excluding carboxylic acids is 1. The molecule has 2 rings (SSSR count). The third-order valence-electron chi connectivity index (χ3n) is 3.11. The highest BCUT2D eigenvalue weighted by Crippen LogP contribution is 2.22. The van der Waals surface area contributed by atoms with Gasteiger partial charge in [-0.05, 0) is 24.6 Å². The van der Waals surface area contributed by atoms with Gasteiger partial charge in [0.25, 0.3) is 11.6 Å². The molecule has 2 aromatic rings. The molecule has 0 aromatic heterocycles. The summed E-state index contributed by atoms with van der Waals surface area (Å²) >= 11 is 0. The van der Waals surface area contributed by atoms with E-state index in [0.29, 0.717) is 11.3 Å². The summed E-state index contributed by atoms with van der Waals surface area (Å²) < 4.78 is 0. The van der Waals surface area contributed by atoms with Gasteiger partial charge in [-0.15, -0.1) is 0 Å². The number of carbonyl (C=O) groups is 1. The maximum Gasteiger partial charge on any atom is 0.271 e. The Morgan fingerprint density at radius 1 is 1.15 bits per heavy atom. The molecule has 0 saturated heterocycles. The predicted octanol–water partition coefficient (Wildman–Crippen LogP) is 3.18. The molecule has 20 heavy (non-hydrogen) atoms. The fourth-order valence-corrected chi connectivity index (χ4v) is 1.93. The third kappa shape index (κ3) is 2.66. The Kier molecular flexibility index (Phi) is 3.79. The van der Waals surface area contributed by atoms with Crippen LogP contribution < -0.4 is 4.90 Å². The van der Waals surface area contributed by atoms with Crippen molar-refractivity contribution in [2.75, 3.05) is 11.9 Å². The number of nitro groups is 1. The standard InChI is InChI=1S/C15H14N2O3/c1-11-6-3-4-9-14(11)15(18)16(2)12-7-5-8-13(10-12)17(19)20/h3-10H,1-2H3. The average molecular weight is 270 g/mol. The summed E-state index contributed by atoms with van der Waals surface area (Å²) in [6, 6.07) is 13.3. The van der Waals surface area contributed by atoms with E-state index in [9.17, 15) is 14.9 Å². The number of aryl methyl sites for hydroxylation is 1. The van der Waals surface area contributed by atoms with Crippen LogP contribution in [0.1, 0.15) is 15.9 Å². The van der Waals surface area contributed by atoms with Gasteiger partial charge in [0.15, 0.2) is 0 Å². The molecule has 0 aliphatic heterocycles. The summed E-state index contributed by atoms with van der Waals surface area (Å²) in [5.41, 5.74) is 1.91. The molecule has 1 amide bonds. The van der Waals surface area contributed by atoms with Crippen molar-refractivity contribution in [3.8, 4) is 0 Å². The molecule has 0 heterocycles. The van der Waals surface area contributed by atoms with Gasteiger partial charge in [0, 0.05) is 24.7 Å². The molecule has 0 fully saturated rings. The fraction of sp³-hybridized carbons (Fsp3) is 0.133. The normalized spacial score (nSPS) is 10.1. The molecule has 0 spiro atoms. The first-order valence-corrected chi connectivity index (χ1v) is 6.09. The fourth-order valence-electron chi connectivity index (χ4n) is 1.93. The van der Waals surface area contributed by atoms with Crippen LogP contribution >= 0.6 is 0 Å². The van der Waals surface area contributed by atoms with Gasteiger partial charge in [-0.3, -0.25) is 14.9 Å². The first-order chi connectivity index (χ1) is 9.50.